The zero-order chi connectivity index (χ0) is 17.2. The summed E-state index contributed by atoms with van der Waals surface area (Å²) in [7, 11) is 0. The molecule has 2 aromatic rings. The van der Waals surface area contributed by atoms with Gasteiger partial charge in [0.05, 0.1) is 0 Å². The molecule has 0 fully saturated rings. The molecule has 1 aliphatic rings. The smallest absolute Gasteiger partial charge is 0.341 e. The van der Waals surface area contributed by atoms with E-state index in [1.807, 2.05) is 24.3 Å². The van der Waals surface area contributed by atoms with Crippen molar-refractivity contribution in [2.45, 2.75) is 37.4 Å². The van der Waals surface area contributed by atoms with Gasteiger partial charge < -0.3 is 5.32 Å². The molecule has 1 N–H and O–H groups in total. The number of hydrogen-bond donors (Lipinski definition) is 1. The lowest BCUT2D eigenvalue weighted by atomic mass is 9.97. The van der Waals surface area contributed by atoms with Crippen LogP contribution >= 0.6 is 0 Å². The van der Waals surface area contributed by atoms with Crippen LogP contribution in [0.5, 0.6) is 0 Å². The van der Waals surface area contributed by atoms with Crippen molar-refractivity contribution in [3.8, 4) is 0 Å². The maximum absolute atomic E-state index is 13.3. The van der Waals surface area contributed by atoms with Crippen LogP contribution < -0.4 is 5.32 Å². The second-order valence-electron chi connectivity index (χ2n) is 6.09. The standard InChI is InChI=1S/C19H18F3NO/c20-19(21,22)18(14-7-2-1-3-8-14)23-17(24)12-15-11-10-13-6-4-5-9-16(13)15/h1-9,15,18H,10-12H2,(H,23,24). The molecule has 0 aliphatic heterocycles. The first-order valence-corrected chi connectivity index (χ1v) is 7.94. The lowest BCUT2D eigenvalue weighted by Crippen LogP contribution is -2.38. The number of alkyl halides is 3. The van der Waals surface area contributed by atoms with Crippen molar-refractivity contribution in [1.29, 1.82) is 0 Å². The first-order chi connectivity index (χ1) is 11.4. The Hall–Kier alpha value is -2.30. The molecule has 1 aliphatic carbocycles. The number of hydrogen-bond acceptors (Lipinski definition) is 1. The molecule has 0 spiro atoms. The predicted octanol–water partition coefficient (Wildman–Crippen LogP) is 4.53. The van der Waals surface area contributed by atoms with Gasteiger partial charge in [0.1, 0.15) is 0 Å². The zero-order valence-electron chi connectivity index (χ0n) is 13.0. The van der Waals surface area contributed by atoms with Crippen molar-refractivity contribution < 1.29 is 18.0 Å². The van der Waals surface area contributed by atoms with Crippen LogP contribution in [0.25, 0.3) is 0 Å². The van der Waals surface area contributed by atoms with Crippen LogP contribution in [-0.4, -0.2) is 12.1 Å². The van der Waals surface area contributed by atoms with E-state index in [4.69, 9.17) is 0 Å². The Labute approximate surface area is 138 Å². The van der Waals surface area contributed by atoms with E-state index in [1.165, 1.54) is 29.8 Å². The van der Waals surface area contributed by atoms with E-state index < -0.39 is 18.1 Å². The summed E-state index contributed by atoms with van der Waals surface area (Å²) in [5.74, 6) is -0.575. The highest BCUT2D eigenvalue weighted by molar-refractivity contribution is 5.77. The highest BCUT2D eigenvalue weighted by Crippen LogP contribution is 2.36. The summed E-state index contributed by atoms with van der Waals surface area (Å²) >= 11 is 0. The fraction of sp³-hybridized carbons (Fsp3) is 0.316. The van der Waals surface area contributed by atoms with E-state index in [-0.39, 0.29) is 17.9 Å². The van der Waals surface area contributed by atoms with E-state index in [0.29, 0.717) is 0 Å². The Morgan fingerprint density at radius 3 is 2.46 bits per heavy atom. The summed E-state index contributed by atoms with van der Waals surface area (Å²) in [6, 6.07) is 13.3. The number of nitrogens with one attached hydrogen (secondary N) is 1. The molecule has 2 atom stereocenters. The summed E-state index contributed by atoms with van der Waals surface area (Å²) in [6.07, 6.45) is -2.77. The Balaban J connectivity index is 1.71. The van der Waals surface area contributed by atoms with Crippen molar-refractivity contribution in [3.63, 3.8) is 0 Å². The van der Waals surface area contributed by atoms with Gasteiger partial charge in [0.15, 0.2) is 6.04 Å². The number of halogens is 3. The summed E-state index contributed by atoms with van der Waals surface area (Å²) in [5.41, 5.74) is 2.31. The van der Waals surface area contributed by atoms with E-state index in [2.05, 4.69) is 5.32 Å². The molecule has 2 aromatic carbocycles. The molecule has 2 unspecified atom stereocenters. The van der Waals surface area contributed by atoms with E-state index in [0.717, 1.165) is 18.4 Å². The first-order valence-electron chi connectivity index (χ1n) is 7.94. The number of aryl methyl sites for hydroxylation is 1. The average Bonchev–Trinajstić information content (AvgIpc) is 2.96. The first kappa shape index (κ1) is 16.6. The maximum atomic E-state index is 13.3. The number of amides is 1. The molecule has 0 saturated heterocycles. The highest BCUT2D eigenvalue weighted by Gasteiger charge is 2.42. The summed E-state index contributed by atoms with van der Waals surface area (Å²) < 4.78 is 39.9. The monoisotopic (exact) mass is 333 g/mol. The molecule has 5 heteroatoms. The van der Waals surface area contributed by atoms with Crippen molar-refractivity contribution in [2.24, 2.45) is 0 Å². The van der Waals surface area contributed by atoms with Crippen LogP contribution in [0, 0.1) is 0 Å². The minimum atomic E-state index is -4.52. The summed E-state index contributed by atoms with van der Waals surface area (Å²) in [6.45, 7) is 0. The number of benzene rings is 2. The molecule has 0 saturated carbocycles. The van der Waals surface area contributed by atoms with Crippen molar-refractivity contribution in [2.75, 3.05) is 0 Å². The predicted molar refractivity (Wildman–Crippen MR) is 85.5 cm³/mol. The van der Waals surface area contributed by atoms with Crippen LogP contribution in [0.1, 0.15) is 41.5 Å². The maximum Gasteiger partial charge on any atom is 0.412 e. The fourth-order valence-corrected chi connectivity index (χ4v) is 3.30. The second kappa shape index (κ2) is 6.67. The van der Waals surface area contributed by atoms with Gasteiger partial charge in [-0.2, -0.15) is 13.2 Å². The third-order valence-electron chi connectivity index (χ3n) is 4.45. The van der Waals surface area contributed by atoms with E-state index in [9.17, 15) is 18.0 Å². The Morgan fingerprint density at radius 2 is 1.75 bits per heavy atom. The Morgan fingerprint density at radius 1 is 1.08 bits per heavy atom. The van der Waals surface area contributed by atoms with Gasteiger partial charge in [-0.05, 0) is 35.4 Å². The van der Waals surface area contributed by atoms with Gasteiger partial charge in [0.2, 0.25) is 5.91 Å². The molecule has 3 rings (SSSR count). The Bertz CT molecular complexity index is 712. The van der Waals surface area contributed by atoms with Gasteiger partial charge in [-0.25, -0.2) is 0 Å². The summed E-state index contributed by atoms with van der Waals surface area (Å²) in [5, 5.41) is 2.17. The normalized spacial score (nSPS) is 18.0. The molecule has 1 amide bonds. The molecule has 0 heterocycles. The fourth-order valence-electron chi connectivity index (χ4n) is 3.30. The molecule has 24 heavy (non-hydrogen) atoms. The van der Waals surface area contributed by atoms with Crippen LogP contribution in [0.4, 0.5) is 13.2 Å². The molecular formula is C19H18F3NO. The van der Waals surface area contributed by atoms with Gasteiger partial charge in [-0.15, -0.1) is 0 Å². The largest absolute Gasteiger partial charge is 0.412 e. The third kappa shape index (κ3) is 3.61. The topological polar surface area (TPSA) is 29.1 Å². The van der Waals surface area contributed by atoms with Crippen molar-refractivity contribution in [1.82, 2.24) is 5.32 Å². The van der Waals surface area contributed by atoms with Gasteiger partial charge >= 0.3 is 6.18 Å². The highest BCUT2D eigenvalue weighted by atomic mass is 19.4. The van der Waals surface area contributed by atoms with Crippen molar-refractivity contribution >= 4 is 5.91 Å². The summed E-state index contributed by atoms with van der Waals surface area (Å²) in [4.78, 5) is 12.2. The second-order valence-corrected chi connectivity index (χ2v) is 6.09. The molecular weight excluding hydrogens is 315 g/mol. The van der Waals surface area contributed by atoms with Gasteiger partial charge in [-0.3, -0.25) is 4.79 Å². The van der Waals surface area contributed by atoms with Gasteiger partial charge in [-0.1, -0.05) is 54.6 Å². The van der Waals surface area contributed by atoms with Crippen LogP contribution in [-0.2, 0) is 11.2 Å². The number of rotatable bonds is 4. The quantitative estimate of drug-likeness (QED) is 0.875. The third-order valence-corrected chi connectivity index (χ3v) is 4.45. The molecule has 126 valence electrons. The molecule has 2 nitrogen and oxygen atoms in total. The lowest BCUT2D eigenvalue weighted by molar-refractivity contribution is -0.163. The number of carbonyl (C=O) groups is 1. The minimum Gasteiger partial charge on any atom is -0.341 e. The molecule has 0 bridgehead atoms. The SMILES string of the molecule is O=C(CC1CCc2ccccc21)NC(c1ccccc1)C(F)(F)F. The number of fused-ring (bicyclic) bond motifs is 1. The van der Waals surface area contributed by atoms with Crippen LogP contribution in [0.3, 0.4) is 0 Å². The average molecular weight is 333 g/mol. The van der Waals surface area contributed by atoms with Gasteiger partial charge in [0.25, 0.3) is 0 Å². The van der Waals surface area contributed by atoms with E-state index >= 15 is 0 Å². The zero-order valence-corrected chi connectivity index (χ0v) is 13.0. The van der Waals surface area contributed by atoms with Gasteiger partial charge in [0, 0.05) is 6.42 Å². The number of carbonyl (C=O) groups excluding carboxylic acids is 1. The molecule has 0 radical (unpaired) electrons. The van der Waals surface area contributed by atoms with Crippen LogP contribution in [0.15, 0.2) is 54.6 Å². The van der Waals surface area contributed by atoms with Crippen molar-refractivity contribution in [3.05, 3.63) is 71.3 Å². The molecule has 0 aromatic heterocycles. The minimum absolute atomic E-state index is 0.00847. The van der Waals surface area contributed by atoms with Crippen LogP contribution in [0.2, 0.25) is 0 Å². The lowest BCUT2D eigenvalue weighted by Gasteiger charge is -2.23. The Kier molecular flexibility index (Phi) is 4.60. The van der Waals surface area contributed by atoms with E-state index in [1.54, 1.807) is 6.07 Å².